The molecule has 0 aliphatic heterocycles. The van der Waals surface area contributed by atoms with Gasteiger partial charge in [-0.3, -0.25) is 0 Å². The van der Waals surface area contributed by atoms with Crippen LogP contribution in [0.3, 0.4) is 0 Å². The van der Waals surface area contributed by atoms with Crippen LogP contribution in [0.25, 0.3) is 0 Å². The first-order valence-corrected chi connectivity index (χ1v) is 7.15. The van der Waals surface area contributed by atoms with E-state index < -0.39 is 0 Å². The van der Waals surface area contributed by atoms with E-state index in [4.69, 9.17) is 16.3 Å². The molecule has 0 amide bonds. The van der Waals surface area contributed by atoms with Crippen LogP contribution >= 0.6 is 11.6 Å². The number of alkyl halides is 1. The van der Waals surface area contributed by atoms with Crippen LogP contribution in [0, 0.1) is 5.92 Å². The number of ether oxygens (including phenoxy) is 1. The standard InChI is InChI=1S/C13H26ClNO/c1-3-12-4-6-13(7-5-12)15(2)9-11-16-10-8-14/h12-13H,3-11H2,1-2H3. The molecule has 0 bridgehead atoms. The minimum absolute atomic E-state index is 0.603. The number of hydrogen-bond acceptors (Lipinski definition) is 2. The second kappa shape index (κ2) is 8.32. The Kier molecular flexibility index (Phi) is 7.42. The molecule has 0 aromatic heterocycles. The Bertz CT molecular complexity index is 169. The molecule has 0 unspecified atom stereocenters. The molecule has 1 saturated carbocycles. The first-order valence-electron chi connectivity index (χ1n) is 6.61. The van der Waals surface area contributed by atoms with Crippen molar-refractivity contribution in [3.63, 3.8) is 0 Å². The summed E-state index contributed by atoms with van der Waals surface area (Å²) in [7, 11) is 2.22. The first kappa shape index (κ1) is 14.3. The molecule has 1 rings (SSSR count). The third kappa shape index (κ3) is 5.03. The molecular formula is C13H26ClNO. The zero-order valence-electron chi connectivity index (χ0n) is 10.8. The summed E-state index contributed by atoms with van der Waals surface area (Å²) in [6.07, 6.45) is 6.91. The lowest BCUT2D eigenvalue weighted by atomic mass is 9.84. The zero-order chi connectivity index (χ0) is 11.8. The van der Waals surface area contributed by atoms with E-state index in [1.54, 1.807) is 0 Å². The van der Waals surface area contributed by atoms with Gasteiger partial charge in [0.1, 0.15) is 0 Å². The molecule has 1 fully saturated rings. The highest BCUT2D eigenvalue weighted by molar-refractivity contribution is 6.17. The van der Waals surface area contributed by atoms with Gasteiger partial charge in [-0.25, -0.2) is 0 Å². The maximum Gasteiger partial charge on any atom is 0.0602 e. The normalized spacial score (nSPS) is 26.2. The fourth-order valence-electron chi connectivity index (χ4n) is 2.54. The summed E-state index contributed by atoms with van der Waals surface area (Å²) in [6, 6.07) is 0.780. The molecule has 0 saturated heterocycles. The van der Waals surface area contributed by atoms with Crippen LogP contribution in [-0.2, 0) is 4.74 Å². The van der Waals surface area contributed by atoms with Gasteiger partial charge >= 0.3 is 0 Å². The van der Waals surface area contributed by atoms with Gasteiger partial charge in [0.15, 0.2) is 0 Å². The quantitative estimate of drug-likeness (QED) is 0.506. The van der Waals surface area contributed by atoms with E-state index in [1.807, 2.05) is 0 Å². The van der Waals surface area contributed by atoms with Gasteiger partial charge in [-0.1, -0.05) is 13.3 Å². The lowest BCUT2D eigenvalue weighted by Gasteiger charge is -2.34. The van der Waals surface area contributed by atoms with Crippen LogP contribution in [0.5, 0.6) is 0 Å². The second-order valence-electron chi connectivity index (χ2n) is 4.86. The summed E-state index contributed by atoms with van der Waals surface area (Å²) in [5.41, 5.74) is 0. The average molecular weight is 248 g/mol. The van der Waals surface area contributed by atoms with Crippen molar-refractivity contribution in [1.82, 2.24) is 4.90 Å². The molecule has 96 valence electrons. The molecule has 1 aliphatic rings. The maximum atomic E-state index is 5.56. The van der Waals surface area contributed by atoms with Crippen LogP contribution in [0.15, 0.2) is 0 Å². The van der Waals surface area contributed by atoms with Gasteiger partial charge in [0.25, 0.3) is 0 Å². The van der Waals surface area contributed by atoms with Crippen LogP contribution in [-0.4, -0.2) is 43.6 Å². The summed E-state index contributed by atoms with van der Waals surface area (Å²) >= 11 is 5.56. The Morgan fingerprint density at radius 1 is 1.19 bits per heavy atom. The van der Waals surface area contributed by atoms with E-state index in [-0.39, 0.29) is 0 Å². The predicted molar refractivity (Wildman–Crippen MR) is 70.2 cm³/mol. The molecule has 0 heterocycles. The molecule has 0 radical (unpaired) electrons. The topological polar surface area (TPSA) is 12.5 Å². The maximum absolute atomic E-state index is 5.56. The number of nitrogens with zero attached hydrogens (tertiary/aromatic N) is 1. The predicted octanol–water partition coefficient (Wildman–Crippen LogP) is 3.14. The van der Waals surface area contributed by atoms with Crippen molar-refractivity contribution in [2.75, 3.05) is 32.7 Å². The minimum atomic E-state index is 0.603. The molecule has 0 aromatic rings. The Morgan fingerprint density at radius 3 is 2.44 bits per heavy atom. The number of likely N-dealkylation sites (N-methyl/N-ethyl adjacent to an activating group) is 1. The molecular weight excluding hydrogens is 222 g/mol. The molecule has 16 heavy (non-hydrogen) atoms. The number of halogens is 1. The highest BCUT2D eigenvalue weighted by atomic mass is 35.5. The monoisotopic (exact) mass is 247 g/mol. The Hall–Kier alpha value is 0.210. The molecule has 3 heteroatoms. The van der Waals surface area contributed by atoms with Crippen LogP contribution in [0.2, 0.25) is 0 Å². The molecule has 0 aromatic carbocycles. The third-order valence-electron chi connectivity index (χ3n) is 3.83. The van der Waals surface area contributed by atoms with Crippen molar-refractivity contribution in [2.45, 2.75) is 45.1 Å². The highest BCUT2D eigenvalue weighted by Crippen LogP contribution is 2.28. The van der Waals surface area contributed by atoms with Crippen molar-refractivity contribution in [3.05, 3.63) is 0 Å². The van der Waals surface area contributed by atoms with Gasteiger partial charge in [0.2, 0.25) is 0 Å². The van der Waals surface area contributed by atoms with Gasteiger partial charge < -0.3 is 9.64 Å². The summed E-state index contributed by atoms with van der Waals surface area (Å²) in [5.74, 6) is 1.59. The van der Waals surface area contributed by atoms with Crippen molar-refractivity contribution in [3.8, 4) is 0 Å². The molecule has 0 spiro atoms. The van der Waals surface area contributed by atoms with E-state index in [0.29, 0.717) is 12.5 Å². The van der Waals surface area contributed by atoms with E-state index in [1.165, 1.54) is 32.1 Å². The van der Waals surface area contributed by atoms with Crippen LogP contribution in [0.1, 0.15) is 39.0 Å². The van der Waals surface area contributed by atoms with Crippen LogP contribution in [0.4, 0.5) is 0 Å². The second-order valence-corrected chi connectivity index (χ2v) is 5.24. The molecule has 0 N–H and O–H groups in total. The Labute approximate surface area is 105 Å². The van der Waals surface area contributed by atoms with E-state index in [0.717, 1.165) is 25.1 Å². The highest BCUT2D eigenvalue weighted by Gasteiger charge is 2.22. The molecule has 0 atom stereocenters. The zero-order valence-corrected chi connectivity index (χ0v) is 11.5. The van der Waals surface area contributed by atoms with Gasteiger partial charge in [0, 0.05) is 18.5 Å². The van der Waals surface area contributed by atoms with Crippen molar-refractivity contribution >= 4 is 11.6 Å². The van der Waals surface area contributed by atoms with Crippen LogP contribution < -0.4 is 0 Å². The summed E-state index contributed by atoms with van der Waals surface area (Å²) in [5, 5.41) is 0. The Morgan fingerprint density at radius 2 is 1.88 bits per heavy atom. The van der Waals surface area contributed by atoms with Crippen molar-refractivity contribution in [1.29, 1.82) is 0 Å². The fourth-order valence-corrected chi connectivity index (χ4v) is 2.65. The SMILES string of the molecule is CCC1CCC(N(C)CCOCCCl)CC1. The summed E-state index contributed by atoms with van der Waals surface area (Å²) < 4.78 is 5.41. The smallest absolute Gasteiger partial charge is 0.0602 e. The lowest BCUT2D eigenvalue weighted by Crippen LogP contribution is -2.37. The van der Waals surface area contributed by atoms with E-state index in [2.05, 4.69) is 18.9 Å². The lowest BCUT2D eigenvalue weighted by molar-refractivity contribution is 0.0921. The fraction of sp³-hybridized carbons (Fsp3) is 1.00. The summed E-state index contributed by atoms with van der Waals surface area (Å²) in [4.78, 5) is 2.46. The van der Waals surface area contributed by atoms with Gasteiger partial charge in [-0.05, 0) is 38.6 Å². The van der Waals surface area contributed by atoms with E-state index in [9.17, 15) is 0 Å². The number of rotatable bonds is 7. The van der Waals surface area contributed by atoms with Crippen molar-refractivity contribution in [2.24, 2.45) is 5.92 Å². The Balaban J connectivity index is 2.10. The van der Waals surface area contributed by atoms with Gasteiger partial charge in [-0.2, -0.15) is 0 Å². The van der Waals surface area contributed by atoms with Gasteiger partial charge in [-0.15, -0.1) is 11.6 Å². The summed E-state index contributed by atoms with van der Waals surface area (Å²) in [6.45, 7) is 4.85. The first-order chi connectivity index (χ1) is 7.77. The molecule has 1 aliphatic carbocycles. The third-order valence-corrected chi connectivity index (χ3v) is 3.98. The van der Waals surface area contributed by atoms with Gasteiger partial charge in [0.05, 0.1) is 13.2 Å². The van der Waals surface area contributed by atoms with Crippen molar-refractivity contribution < 1.29 is 4.74 Å². The van der Waals surface area contributed by atoms with E-state index >= 15 is 0 Å². The average Bonchev–Trinajstić information content (AvgIpc) is 2.34. The minimum Gasteiger partial charge on any atom is -0.379 e. The number of hydrogen-bond donors (Lipinski definition) is 0. The largest absolute Gasteiger partial charge is 0.379 e. The molecule has 2 nitrogen and oxygen atoms in total.